The molecule has 6 nitrogen and oxygen atoms in total. The van der Waals surface area contributed by atoms with Crippen LogP contribution in [0.5, 0.6) is 0 Å². The molecule has 0 aromatic carbocycles. The fourth-order valence-corrected chi connectivity index (χ4v) is 3.33. The minimum absolute atomic E-state index is 0.328. The van der Waals surface area contributed by atoms with Crippen LogP contribution in [0.25, 0.3) is 22.1 Å². The SMILES string of the molecule is CC(O)c1nc2cnc3[nH]ccc3c2n1[C@@H]1CCCNC1. The van der Waals surface area contributed by atoms with Gasteiger partial charge in [0, 0.05) is 24.2 Å². The van der Waals surface area contributed by atoms with Crippen molar-refractivity contribution in [2.24, 2.45) is 0 Å². The summed E-state index contributed by atoms with van der Waals surface area (Å²) in [5, 5.41) is 14.6. The number of aromatic amines is 1. The zero-order valence-corrected chi connectivity index (χ0v) is 12.0. The maximum atomic E-state index is 10.1. The number of aliphatic hydroxyl groups is 1. The summed E-state index contributed by atoms with van der Waals surface area (Å²) in [6.07, 6.45) is 5.34. The number of nitrogens with one attached hydrogen (secondary N) is 2. The Bertz CT molecular complexity index is 782. The molecule has 3 N–H and O–H groups in total. The first-order valence-corrected chi connectivity index (χ1v) is 7.48. The van der Waals surface area contributed by atoms with Gasteiger partial charge >= 0.3 is 0 Å². The van der Waals surface area contributed by atoms with Crippen molar-refractivity contribution in [1.29, 1.82) is 0 Å². The number of pyridine rings is 1. The van der Waals surface area contributed by atoms with Crippen molar-refractivity contribution in [2.75, 3.05) is 13.1 Å². The van der Waals surface area contributed by atoms with Gasteiger partial charge in [-0.1, -0.05) is 0 Å². The third-order valence-corrected chi connectivity index (χ3v) is 4.27. The first kappa shape index (κ1) is 12.8. The number of hydrogen-bond donors (Lipinski definition) is 3. The van der Waals surface area contributed by atoms with Crippen LogP contribution in [0.2, 0.25) is 0 Å². The monoisotopic (exact) mass is 285 g/mol. The smallest absolute Gasteiger partial charge is 0.139 e. The van der Waals surface area contributed by atoms with E-state index in [1.54, 1.807) is 13.1 Å². The molecule has 0 aliphatic carbocycles. The van der Waals surface area contributed by atoms with Crippen molar-refractivity contribution in [3.05, 3.63) is 24.3 Å². The first-order valence-electron chi connectivity index (χ1n) is 7.48. The van der Waals surface area contributed by atoms with E-state index in [1.807, 2.05) is 12.3 Å². The zero-order valence-electron chi connectivity index (χ0n) is 12.0. The lowest BCUT2D eigenvalue weighted by Crippen LogP contribution is -2.32. The fourth-order valence-electron chi connectivity index (χ4n) is 3.33. The number of hydrogen-bond acceptors (Lipinski definition) is 4. The van der Waals surface area contributed by atoms with Gasteiger partial charge < -0.3 is 20.0 Å². The molecule has 6 heteroatoms. The molecule has 1 unspecified atom stereocenters. The minimum Gasteiger partial charge on any atom is -0.385 e. The van der Waals surface area contributed by atoms with E-state index in [1.165, 1.54) is 0 Å². The number of rotatable bonds is 2. The van der Waals surface area contributed by atoms with Crippen LogP contribution in [-0.2, 0) is 0 Å². The minimum atomic E-state index is -0.590. The average molecular weight is 285 g/mol. The van der Waals surface area contributed by atoms with E-state index in [9.17, 15) is 5.11 Å². The van der Waals surface area contributed by atoms with Gasteiger partial charge in [-0.3, -0.25) is 0 Å². The maximum absolute atomic E-state index is 10.1. The van der Waals surface area contributed by atoms with E-state index in [0.717, 1.165) is 53.8 Å². The molecule has 110 valence electrons. The Morgan fingerprint density at radius 3 is 3.14 bits per heavy atom. The van der Waals surface area contributed by atoms with Crippen LogP contribution in [0.3, 0.4) is 0 Å². The predicted octanol–water partition coefficient (Wildman–Crippen LogP) is 1.89. The van der Waals surface area contributed by atoms with Crippen LogP contribution < -0.4 is 5.32 Å². The normalized spacial score (nSPS) is 21.1. The molecule has 0 amide bonds. The number of fused-ring (bicyclic) bond motifs is 3. The van der Waals surface area contributed by atoms with Crippen LogP contribution in [0, 0.1) is 0 Å². The molecule has 4 rings (SSSR count). The third kappa shape index (κ3) is 1.94. The van der Waals surface area contributed by atoms with Crippen molar-refractivity contribution in [3.63, 3.8) is 0 Å². The number of aliphatic hydroxyl groups excluding tert-OH is 1. The van der Waals surface area contributed by atoms with E-state index in [-0.39, 0.29) is 0 Å². The average Bonchev–Trinajstić information content (AvgIpc) is 3.11. The highest BCUT2D eigenvalue weighted by atomic mass is 16.3. The maximum Gasteiger partial charge on any atom is 0.139 e. The molecule has 0 saturated carbocycles. The number of piperidine rings is 1. The number of H-pyrrole nitrogens is 1. The molecule has 3 aromatic heterocycles. The van der Waals surface area contributed by atoms with Crippen LogP contribution in [0.15, 0.2) is 18.5 Å². The Morgan fingerprint density at radius 1 is 1.48 bits per heavy atom. The Kier molecular flexibility index (Phi) is 2.94. The van der Waals surface area contributed by atoms with Crippen molar-refractivity contribution in [3.8, 4) is 0 Å². The molecular formula is C15H19N5O. The van der Waals surface area contributed by atoms with Gasteiger partial charge in [0.1, 0.15) is 23.1 Å². The van der Waals surface area contributed by atoms with E-state index < -0.39 is 6.10 Å². The van der Waals surface area contributed by atoms with Crippen molar-refractivity contribution < 1.29 is 5.11 Å². The topological polar surface area (TPSA) is 78.8 Å². The summed E-state index contributed by atoms with van der Waals surface area (Å²) in [6, 6.07) is 2.36. The quantitative estimate of drug-likeness (QED) is 0.672. The largest absolute Gasteiger partial charge is 0.385 e. The summed E-state index contributed by atoms with van der Waals surface area (Å²) < 4.78 is 2.21. The van der Waals surface area contributed by atoms with Crippen LogP contribution in [-0.4, -0.2) is 37.7 Å². The molecule has 4 heterocycles. The van der Waals surface area contributed by atoms with Gasteiger partial charge in [0.05, 0.1) is 11.7 Å². The lowest BCUT2D eigenvalue weighted by molar-refractivity contribution is 0.179. The summed E-state index contributed by atoms with van der Waals surface area (Å²) in [6.45, 7) is 3.75. The van der Waals surface area contributed by atoms with E-state index >= 15 is 0 Å². The van der Waals surface area contributed by atoms with Crippen molar-refractivity contribution >= 4 is 22.1 Å². The lowest BCUT2D eigenvalue weighted by Gasteiger charge is -2.27. The number of aromatic nitrogens is 4. The van der Waals surface area contributed by atoms with Gasteiger partial charge in [-0.05, 0) is 32.4 Å². The molecule has 1 aliphatic heterocycles. The van der Waals surface area contributed by atoms with Crippen molar-refractivity contribution in [1.82, 2.24) is 24.8 Å². The Hall–Kier alpha value is -1.92. The van der Waals surface area contributed by atoms with Crippen LogP contribution >= 0.6 is 0 Å². The molecule has 1 saturated heterocycles. The highest BCUT2D eigenvalue weighted by Crippen LogP contribution is 2.31. The second kappa shape index (κ2) is 4.82. The van der Waals surface area contributed by atoms with E-state index in [0.29, 0.717) is 6.04 Å². The van der Waals surface area contributed by atoms with Gasteiger partial charge in [0.2, 0.25) is 0 Å². The molecular weight excluding hydrogens is 266 g/mol. The summed E-state index contributed by atoms with van der Waals surface area (Å²) in [7, 11) is 0. The molecule has 2 atom stereocenters. The Balaban J connectivity index is 2.03. The first-order chi connectivity index (χ1) is 10.3. The summed E-state index contributed by atoms with van der Waals surface area (Å²) in [5.74, 6) is 0.731. The van der Waals surface area contributed by atoms with Gasteiger partial charge in [-0.2, -0.15) is 0 Å². The zero-order chi connectivity index (χ0) is 14.4. The Morgan fingerprint density at radius 2 is 2.38 bits per heavy atom. The third-order valence-electron chi connectivity index (χ3n) is 4.27. The second-order valence-corrected chi connectivity index (χ2v) is 5.75. The highest BCUT2D eigenvalue weighted by molar-refractivity contribution is 6.01. The number of nitrogens with zero attached hydrogens (tertiary/aromatic N) is 3. The van der Waals surface area contributed by atoms with Gasteiger partial charge in [0.15, 0.2) is 0 Å². The van der Waals surface area contributed by atoms with E-state index in [2.05, 4.69) is 24.8 Å². The van der Waals surface area contributed by atoms with Gasteiger partial charge in [0.25, 0.3) is 0 Å². The van der Waals surface area contributed by atoms with E-state index in [4.69, 9.17) is 0 Å². The van der Waals surface area contributed by atoms with Crippen LogP contribution in [0.4, 0.5) is 0 Å². The van der Waals surface area contributed by atoms with Gasteiger partial charge in [-0.25, -0.2) is 9.97 Å². The molecule has 1 fully saturated rings. The fraction of sp³-hybridized carbons (Fsp3) is 0.467. The molecule has 0 spiro atoms. The summed E-state index contributed by atoms with van der Waals surface area (Å²) in [5.41, 5.74) is 2.79. The highest BCUT2D eigenvalue weighted by Gasteiger charge is 2.24. The Labute approximate surface area is 122 Å². The molecule has 1 aliphatic rings. The predicted molar refractivity (Wildman–Crippen MR) is 81.2 cm³/mol. The molecule has 0 bridgehead atoms. The van der Waals surface area contributed by atoms with Crippen LogP contribution in [0.1, 0.15) is 37.7 Å². The van der Waals surface area contributed by atoms with Gasteiger partial charge in [-0.15, -0.1) is 0 Å². The standard InChI is InChI=1S/C15H19N5O/c1-9(21)15-19-12-8-18-14-11(4-6-17-14)13(12)20(15)10-3-2-5-16-7-10/h4,6,8-10,16,21H,2-3,5,7H2,1H3,(H,17,18)/t9?,10-/m1/s1. The lowest BCUT2D eigenvalue weighted by atomic mass is 10.1. The summed E-state index contributed by atoms with van der Waals surface area (Å²) in [4.78, 5) is 12.2. The van der Waals surface area contributed by atoms with Crippen molar-refractivity contribution in [2.45, 2.75) is 31.9 Å². The molecule has 3 aromatic rings. The molecule has 21 heavy (non-hydrogen) atoms. The summed E-state index contributed by atoms with van der Waals surface area (Å²) >= 11 is 0. The molecule has 0 radical (unpaired) electrons. The second-order valence-electron chi connectivity index (χ2n) is 5.75. The number of imidazole rings is 1.